The van der Waals surface area contributed by atoms with Crippen molar-refractivity contribution in [2.75, 3.05) is 5.32 Å². The lowest BCUT2D eigenvalue weighted by Crippen LogP contribution is -2.00. The first-order valence-electron chi connectivity index (χ1n) is 5.19. The van der Waals surface area contributed by atoms with E-state index in [1.54, 1.807) is 0 Å². The quantitative estimate of drug-likeness (QED) is 0.579. The minimum Gasteiger partial charge on any atom is -0.380 e. The van der Waals surface area contributed by atoms with Crippen molar-refractivity contribution in [2.24, 2.45) is 0 Å². The normalized spacial score (nSPS) is 10.4. The van der Waals surface area contributed by atoms with Crippen LogP contribution in [0.25, 0.3) is 0 Å². The number of hydrogen-bond donors (Lipinski definition) is 1. The van der Waals surface area contributed by atoms with Gasteiger partial charge in [0.2, 0.25) is 0 Å². The largest absolute Gasteiger partial charge is 0.380 e. The van der Waals surface area contributed by atoms with Crippen LogP contribution in [0.3, 0.4) is 0 Å². The Morgan fingerprint density at radius 2 is 1.72 bits per heavy atom. The summed E-state index contributed by atoms with van der Waals surface area (Å²) in [5.74, 6) is 0. The van der Waals surface area contributed by atoms with Gasteiger partial charge in [-0.2, -0.15) is 0 Å². The summed E-state index contributed by atoms with van der Waals surface area (Å²) >= 11 is 16.4. The van der Waals surface area contributed by atoms with E-state index in [0.29, 0.717) is 0 Å². The molecule has 2 rings (SSSR count). The maximum Gasteiger partial charge on any atom is 0.0551 e. The molecule has 0 unspecified atom stereocenters. The van der Waals surface area contributed by atoms with Crippen molar-refractivity contribution in [1.29, 1.82) is 0 Å². The van der Waals surface area contributed by atoms with Crippen molar-refractivity contribution in [3.8, 4) is 0 Å². The van der Waals surface area contributed by atoms with E-state index in [9.17, 15) is 0 Å². The van der Waals surface area contributed by atoms with Crippen LogP contribution >= 0.6 is 59.4 Å². The minimum absolute atomic E-state index is 0.726. The molecule has 18 heavy (non-hydrogen) atoms. The van der Waals surface area contributed by atoms with E-state index in [4.69, 9.17) is 11.6 Å². The summed E-state index contributed by atoms with van der Waals surface area (Å²) < 4.78 is 2.99. The minimum atomic E-state index is 0.726. The summed E-state index contributed by atoms with van der Waals surface area (Å²) in [6.07, 6.45) is 0. The van der Waals surface area contributed by atoms with E-state index in [0.717, 1.165) is 36.2 Å². The highest BCUT2D eigenvalue weighted by Gasteiger charge is 2.02. The van der Waals surface area contributed by atoms with Crippen molar-refractivity contribution in [3.63, 3.8) is 0 Å². The van der Waals surface area contributed by atoms with Crippen molar-refractivity contribution in [2.45, 2.75) is 6.54 Å². The molecule has 0 heterocycles. The molecule has 94 valence electrons. The first-order chi connectivity index (χ1) is 8.56. The van der Waals surface area contributed by atoms with Crippen molar-refractivity contribution < 1.29 is 0 Å². The molecule has 1 nitrogen and oxygen atoms in total. The second-order valence-corrected chi connectivity index (χ2v) is 6.76. The molecule has 0 saturated heterocycles. The number of nitrogens with one attached hydrogen (secondary N) is 1. The van der Waals surface area contributed by atoms with Crippen LogP contribution in [0.2, 0.25) is 5.02 Å². The maximum absolute atomic E-state index is 6.06. The Labute approximate surface area is 136 Å². The number of hydrogen-bond acceptors (Lipinski definition) is 1. The molecule has 5 heteroatoms. The Bertz CT molecular complexity index is 572. The zero-order valence-electron chi connectivity index (χ0n) is 9.18. The summed E-state index contributed by atoms with van der Waals surface area (Å²) in [4.78, 5) is 0. The van der Waals surface area contributed by atoms with E-state index in [-0.39, 0.29) is 0 Å². The lowest BCUT2D eigenvalue weighted by Gasteiger charge is -2.09. The third kappa shape index (κ3) is 3.73. The van der Waals surface area contributed by atoms with Gasteiger partial charge in [0.15, 0.2) is 0 Å². The Morgan fingerprint density at radius 1 is 0.944 bits per heavy atom. The number of halogens is 4. The van der Waals surface area contributed by atoms with E-state index in [1.807, 2.05) is 36.4 Å². The fraction of sp³-hybridized carbons (Fsp3) is 0.0769. The Kier molecular flexibility index (Phi) is 5.13. The molecule has 0 spiro atoms. The summed E-state index contributed by atoms with van der Waals surface area (Å²) in [5, 5.41) is 4.09. The molecule has 0 aliphatic heterocycles. The van der Waals surface area contributed by atoms with E-state index in [2.05, 4.69) is 53.1 Å². The van der Waals surface area contributed by atoms with Crippen LogP contribution in [0.4, 0.5) is 5.69 Å². The van der Waals surface area contributed by atoms with Crippen LogP contribution in [0.1, 0.15) is 5.56 Å². The highest BCUT2D eigenvalue weighted by Crippen LogP contribution is 2.27. The van der Waals surface area contributed by atoms with Gasteiger partial charge in [0.1, 0.15) is 0 Å². The van der Waals surface area contributed by atoms with Gasteiger partial charge in [-0.25, -0.2) is 0 Å². The molecule has 0 amide bonds. The molecule has 0 atom stereocenters. The van der Waals surface area contributed by atoms with Gasteiger partial charge >= 0.3 is 0 Å². The summed E-state index contributed by atoms with van der Waals surface area (Å²) in [6, 6.07) is 12.0. The molecule has 0 radical (unpaired) electrons. The molecule has 0 fully saturated rings. The Balaban J connectivity index is 2.09. The third-order valence-corrected chi connectivity index (χ3v) is 4.78. The zero-order chi connectivity index (χ0) is 13.1. The number of rotatable bonds is 3. The van der Waals surface area contributed by atoms with Crippen LogP contribution < -0.4 is 5.32 Å². The predicted octanol–water partition coefficient (Wildman–Crippen LogP) is 6.24. The van der Waals surface area contributed by atoms with E-state index >= 15 is 0 Å². The Morgan fingerprint density at radius 3 is 2.39 bits per heavy atom. The van der Waals surface area contributed by atoms with Crippen molar-refractivity contribution in [1.82, 2.24) is 0 Å². The summed E-state index contributed by atoms with van der Waals surface area (Å²) in [7, 11) is 0. The highest BCUT2D eigenvalue weighted by atomic mass is 79.9. The average Bonchev–Trinajstić information content (AvgIpc) is 2.32. The highest BCUT2D eigenvalue weighted by molar-refractivity contribution is 9.11. The lowest BCUT2D eigenvalue weighted by atomic mass is 10.2. The van der Waals surface area contributed by atoms with E-state index < -0.39 is 0 Å². The number of anilines is 1. The fourth-order valence-electron chi connectivity index (χ4n) is 1.48. The smallest absolute Gasteiger partial charge is 0.0551 e. The predicted molar refractivity (Wildman–Crippen MR) is 88.3 cm³/mol. The Hall–Kier alpha value is -0.0300. The molecule has 0 aliphatic carbocycles. The lowest BCUT2D eigenvalue weighted by molar-refractivity contribution is 1.14. The summed E-state index contributed by atoms with van der Waals surface area (Å²) in [6.45, 7) is 0.729. The molecule has 1 N–H and O–H groups in total. The molecule has 0 saturated carbocycles. The van der Waals surface area contributed by atoms with Gasteiger partial charge in [-0.05, 0) is 67.8 Å². The molecule has 2 aromatic rings. The molecular formula is C13H9Br3ClN. The van der Waals surface area contributed by atoms with Gasteiger partial charge in [0.25, 0.3) is 0 Å². The van der Waals surface area contributed by atoms with Gasteiger partial charge in [0, 0.05) is 25.7 Å². The van der Waals surface area contributed by atoms with Crippen LogP contribution in [-0.2, 0) is 6.54 Å². The second-order valence-electron chi connectivity index (χ2n) is 3.73. The molecule has 0 aliphatic rings. The average molecular weight is 454 g/mol. The molecular weight excluding hydrogens is 445 g/mol. The van der Waals surface area contributed by atoms with Gasteiger partial charge in [-0.15, -0.1) is 0 Å². The zero-order valence-corrected chi connectivity index (χ0v) is 14.7. The van der Waals surface area contributed by atoms with Gasteiger partial charge in [0.05, 0.1) is 5.02 Å². The SMILES string of the molecule is Clc1cc(CNc2ccc(Br)cc2Br)ccc1Br. The van der Waals surface area contributed by atoms with Gasteiger partial charge < -0.3 is 5.32 Å². The fourth-order valence-corrected chi connectivity index (χ4v) is 3.12. The van der Waals surface area contributed by atoms with E-state index in [1.165, 1.54) is 0 Å². The van der Waals surface area contributed by atoms with Gasteiger partial charge in [-0.1, -0.05) is 33.6 Å². The first kappa shape index (κ1) is 14.4. The van der Waals surface area contributed by atoms with Crippen LogP contribution in [0.5, 0.6) is 0 Å². The maximum atomic E-state index is 6.06. The summed E-state index contributed by atoms with van der Waals surface area (Å²) in [5.41, 5.74) is 2.19. The van der Waals surface area contributed by atoms with Crippen molar-refractivity contribution in [3.05, 3.63) is 60.4 Å². The van der Waals surface area contributed by atoms with Gasteiger partial charge in [-0.3, -0.25) is 0 Å². The molecule has 0 bridgehead atoms. The van der Waals surface area contributed by atoms with Crippen LogP contribution in [0, 0.1) is 0 Å². The third-order valence-electron chi connectivity index (χ3n) is 2.40. The molecule has 0 aromatic heterocycles. The standard InChI is InChI=1S/C13H9Br3ClN/c14-9-2-4-13(11(16)6-9)18-7-8-1-3-10(15)12(17)5-8/h1-6,18H,7H2. The van der Waals surface area contributed by atoms with Crippen LogP contribution in [0.15, 0.2) is 49.8 Å². The van der Waals surface area contributed by atoms with Crippen molar-refractivity contribution >= 4 is 65.1 Å². The van der Waals surface area contributed by atoms with Crippen LogP contribution in [-0.4, -0.2) is 0 Å². The second kappa shape index (κ2) is 6.42. The topological polar surface area (TPSA) is 12.0 Å². The monoisotopic (exact) mass is 451 g/mol. The molecule has 2 aromatic carbocycles. The number of benzene rings is 2. The first-order valence-corrected chi connectivity index (χ1v) is 7.95.